The molecule has 1 unspecified atom stereocenters. The molecule has 4 heterocycles. The Morgan fingerprint density at radius 1 is 1.23 bits per heavy atom. The predicted octanol–water partition coefficient (Wildman–Crippen LogP) is 3.92. The fourth-order valence-corrected chi connectivity index (χ4v) is 4.71. The molecule has 0 radical (unpaired) electrons. The lowest BCUT2D eigenvalue weighted by molar-refractivity contribution is 0.214. The van der Waals surface area contributed by atoms with Crippen molar-refractivity contribution < 1.29 is 0 Å². The third kappa shape index (κ3) is 3.63. The minimum Gasteiger partial charge on any atom is -0.345 e. The molecule has 5 nitrogen and oxygen atoms in total. The molecule has 1 fully saturated rings. The zero-order valence-electron chi connectivity index (χ0n) is 15.2. The van der Waals surface area contributed by atoms with Crippen LogP contribution in [0.15, 0.2) is 30.7 Å². The minimum absolute atomic E-state index is 0.527. The molecule has 0 spiro atoms. The predicted molar refractivity (Wildman–Crippen MR) is 110 cm³/mol. The van der Waals surface area contributed by atoms with Gasteiger partial charge in [-0.25, -0.2) is 4.98 Å². The second kappa shape index (κ2) is 7.62. The Labute approximate surface area is 163 Å². The van der Waals surface area contributed by atoms with Crippen molar-refractivity contribution in [2.45, 2.75) is 25.9 Å². The van der Waals surface area contributed by atoms with E-state index in [-0.39, 0.29) is 0 Å². The summed E-state index contributed by atoms with van der Waals surface area (Å²) in [5.41, 5.74) is 4.26. The lowest BCUT2D eigenvalue weighted by Crippen LogP contribution is -2.39. The quantitative estimate of drug-likeness (QED) is 0.620. The standard InChI is InChI=1S/C19H24ClN5S/c1-14(24-7-9-26-10-8-24)5-6-25-13-16(15-11-21-23(2)12-15)19-17(25)3-4-18(20)22-19/h3-4,11-14H,5-10H2,1-2H3. The van der Waals surface area contributed by atoms with Crippen LogP contribution in [0.5, 0.6) is 0 Å². The van der Waals surface area contributed by atoms with E-state index in [0.717, 1.165) is 35.1 Å². The van der Waals surface area contributed by atoms with Crippen LogP contribution in [0.2, 0.25) is 5.15 Å². The first-order valence-corrected chi connectivity index (χ1v) is 10.6. The molecule has 1 atom stereocenters. The van der Waals surface area contributed by atoms with Crippen LogP contribution in [0.3, 0.4) is 0 Å². The second-order valence-corrected chi connectivity index (χ2v) is 8.54. The Morgan fingerprint density at radius 2 is 2.04 bits per heavy atom. The summed E-state index contributed by atoms with van der Waals surface area (Å²) in [4.78, 5) is 7.20. The first-order chi connectivity index (χ1) is 12.6. The number of aryl methyl sites for hydroxylation is 2. The van der Waals surface area contributed by atoms with Crippen molar-refractivity contribution in [2.75, 3.05) is 24.6 Å². The number of halogens is 1. The lowest BCUT2D eigenvalue weighted by Gasteiger charge is -2.32. The molecule has 1 saturated heterocycles. The number of fused-ring (bicyclic) bond motifs is 1. The highest BCUT2D eigenvalue weighted by atomic mass is 35.5. The van der Waals surface area contributed by atoms with E-state index in [2.05, 4.69) is 50.5 Å². The number of pyridine rings is 1. The Morgan fingerprint density at radius 3 is 2.77 bits per heavy atom. The summed E-state index contributed by atoms with van der Waals surface area (Å²) in [6, 6.07) is 4.54. The fourth-order valence-electron chi connectivity index (χ4n) is 3.63. The van der Waals surface area contributed by atoms with Crippen LogP contribution in [0, 0.1) is 0 Å². The summed E-state index contributed by atoms with van der Waals surface area (Å²) >= 11 is 8.23. The van der Waals surface area contributed by atoms with Crippen LogP contribution >= 0.6 is 23.4 Å². The van der Waals surface area contributed by atoms with E-state index in [1.165, 1.54) is 24.6 Å². The third-order valence-corrected chi connectivity index (χ3v) is 6.32. The fraction of sp³-hybridized carbons (Fsp3) is 0.474. The zero-order chi connectivity index (χ0) is 18.1. The van der Waals surface area contributed by atoms with Crippen LogP contribution in [0.4, 0.5) is 0 Å². The van der Waals surface area contributed by atoms with Gasteiger partial charge in [-0.3, -0.25) is 9.58 Å². The van der Waals surface area contributed by atoms with Gasteiger partial charge in [0, 0.05) is 67.8 Å². The largest absolute Gasteiger partial charge is 0.345 e. The van der Waals surface area contributed by atoms with E-state index in [9.17, 15) is 0 Å². The van der Waals surface area contributed by atoms with Gasteiger partial charge in [0.05, 0.1) is 17.2 Å². The van der Waals surface area contributed by atoms with Crippen LogP contribution in [-0.2, 0) is 13.6 Å². The van der Waals surface area contributed by atoms with Crippen LogP contribution in [0.1, 0.15) is 13.3 Å². The van der Waals surface area contributed by atoms with Crippen LogP contribution < -0.4 is 0 Å². The lowest BCUT2D eigenvalue weighted by atomic mass is 10.2. The summed E-state index contributed by atoms with van der Waals surface area (Å²) < 4.78 is 4.13. The highest BCUT2D eigenvalue weighted by Crippen LogP contribution is 2.30. The summed E-state index contributed by atoms with van der Waals surface area (Å²) in [5, 5.41) is 4.83. The molecule has 4 rings (SSSR count). The van der Waals surface area contributed by atoms with Gasteiger partial charge in [-0.1, -0.05) is 11.6 Å². The first-order valence-electron chi connectivity index (χ1n) is 9.08. The molecule has 3 aromatic rings. The van der Waals surface area contributed by atoms with E-state index >= 15 is 0 Å². The van der Waals surface area contributed by atoms with Gasteiger partial charge in [-0.05, 0) is 25.5 Å². The molecule has 0 aromatic carbocycles. The smallest absolute Gasteiger partial charge is 0.129 e. The monoisotopic (exact) mass is 389 g/mol. The Bertz CT molecular complexity index is 897. The van der Waals surface area contributed by atoms with Gasteiger partial charge in [0.1, 0.15) is 5.15 Å². The molecule has 0 saturated carbocycles. The van der Waals surface area contributed by atoms with Crippen molar-refractivity contribution in [3.8, 4) is 11.1 Å². The van der Waals surface area contributed by atoms with Crippen molar-refractivity contribution in [1.29, 1.82) is 0 Å². The number of nitrogens with zero attached hydrogens (tertiary/aromatic N) is 5. The zero-order valence-corrected chi connectivity index (χ0v) is 16.8. The number of hydrogen-bond donors (Lipinski definition) is 0. The molecule has 1 aliphatic heterocycles. The van der Waals surface area contributed by atoms with Crippen molar-refractivity contribution in [3.05, 3.63) is 35.9 Å². The molecule has 1 aliphatic rings. The van der Waals surface area contributed by atoms with Gasteiger partial charge < -0.3 is 4.57 Å². The molecule has 3 aromatic heterocycles. The molecule has 0 amide bonds. The average molecular weight is 390 g/mol. The van der Waals surface area contributed by atoms with E-state index < -0.39 is 0 Å². The van der Waals surface area contributed by atoms with E-state index in [1.54, 1.807) is 0 Å². The van der Waals surface area contributed by atoms with Crippen molar-refractivity contribution in [2.24, 2.45) is 7.05 Å². The maximum atomic E-state index is 6.17. The van der Waals surface area contributed by atoms with E-state index in [1.807, 2.05) is 30.2 Å². The second-order valence-electron chi connectivity index (χ2n) is 6.93. The summed E-state index contributed by atoms with van der Waals surface area (Å²) in [6.45, 7) is 5.73. The normalized spacial score (nSPS) is 17.0. The van der Waals surface area contributed by atoms with Gasteiger partial charge in [0.25, 0.3) is 0 Å². The summed E-state index contributed by atoms with van der Waals surface area (Å²) in [5.74, 6) is 2.51. The maximum Gasteiger partial charge on any atom is 0.129 e. The Hall–Kier alpha value is -1.50. The molecule has 0 aliphatic carbocycles. The number of hydrogen-bond acceptors (Lipinski definition) is 4. The van der Waals surface area contributed by atoms with Gasteiger partial charge in [-0.2, -0.15) is 16.9 Å². The summed E-state index contributed by atoms with van der Waals surface area (Å²) in [6.07, 6.45) is 7.23. The molecular weight excluding hydrogens is 366 g/mol. The van der Waals surface area contributed by atoms with Gasteiger partial charge in [0.2, 0.25) is 0 Å². The molecular formula is C19H24ClN5S. The average Bonchev–Trinajstić information content (AvgIpc) is 3.23. The number of thioether (sulfide) groups is 1. The van der Waals surface area contributed by atoms with E-state index in [4.69, 9.17) is 11.6 Å². The number of aromatic nitrogens is 4. The van der Waals surface area contributed by atoms with Gasteiger partial charge in [-0.15, -0.1) is 0 Å². The first kappa shape index (κ1) is 17.9. The number of rotatable bonds is 5. The highest BCUT2D eigenvalue weighted by molar-refractivity contribution is 7.99. The van der Waals surface area contributed by atoms with E-state index in [0.29, 0.717) is 11.2 Å². The minimum atomic E-state index is 0.527. The molecule has 0 bridgehead atoms. The maximum absolute atomic E-state index is 6.17. The van der Waals surface area contributed by atoms with Crippen LogP contribution in [-0.4, -0.2) is 54.9 Å². The Balaban J connectivity index is 1.60. The van der Waals surface area contributed by atoms with Crippen LogP contribution in [0.25, 0.3) is 22.2 Å². The Kier molecular flexibility index (Phi) is 5.25. The molecule has 7 heteroatoms. The molecule has 138 valence electrons. The SMILES string of the molecule is CC(CCn1cc(-c2cnn(C)c2)c2nc(Cl)ccc21)N1CCSCC1. The highest BCUT2D eigenvalue weighted by Gasteiger charge is 2.18. The summed E-state index contributed by atoms with van der Waals surface area (Å²) in [7, 11) is 1.93. The topological polar surface area (TPSA) is 38.9 Å². The molecule has 0 N–H and O–H groups in total. The molecule has 26 heavy (non-hydrogen) atoms. The van der Waals surface area contributed by atoms with Crippen molar-refractivity contribution in [1.82, 2.24) is 24.2 Å². The van der Waals surface area contributed by atoms with Gasteiger partial charge in [0.15, 0.2) is 0 Å². The van der Waals surface area contributed by atoms with Gasteiger partial charge >= 0.3 is 0 Å². The van der Waals surface area contributed by atoms with Crippen molar-refractivity contribution in [3.63, 3.8) is 0 Å². The van der Waals surface area contributed by atoms with Crippen molar-refractivity contribution >= 4 is 34.4 Å². The third-order valence-electron chi connectivity index (χ3n) is 5.16.